The summed E-state index contributed by atoms with van der Waals surface area (Å²) in [6.45, 7) is 0. The normalized spacial score (nSPS) is 11.8. The van der Waals surface area contributed by atoms with E-state index in [-0.39, 0.29) is 18.6 Å². The molecule has 4 N–H and O–H groups in total. The second-order valence-electron chi connectivity index (χ2n) is 3.47. The van der Waals surface area contributed by atoms with Gasteiger partial charge < -0.3 is 20.6 Å². The number of carbonyl (C=O) groups is 3. The van der Waals surface area contributed by atoms with Crippen LogP contribution in [0.25, 0.3) is 0 Å². The van der Waals surface area contributed by atoms with Crippen molar-refractivity contribution in [2.75, 3.05) is 0 Å². The number of nitrogens with two attached hydrogens (primary N) is 1. The largest absolute Gasteiger partial charge is 0.480 e. The summed E-state index contributed by atoms with van der Waals surface area (Å²) in [6, 6.07) is 1.72. The highest BCUT2D eigenvalue weighted by Crippen LogP contribution is 2.14. The SMILES string of the molecule is NC(=O)CC[C@H](NC(=O)c1ccc(Br)o1)C(=O)O. The van der Waals surface area contributed by atoms with Gasteiger partial charge in [0.15, 0.2) is 10.4 Å². The standard InChI is InChI=1S/C10H11BrN2O5/c11-7-3-2-6(18-7)9(15)13-5(10(16)17)1-4-8(12)14/h2-3,5H,1,4H2,(H2,12,14)(H,13,15)(H,16,17)/t5-/m0/s1. The van der Waals surface area contributed by atoms with E-state index >= 15 is 0 Å². The molecule has 1 atom stereocenters. The fourth-order valence-electron chi connectivity index (χ4n) is 1.21. The van der Waals surface area contributed by atoms with Gasteiger partial charge >= 0.3 is 5.97 Å². The van der Waals surface area contributed by atoms with Gasteiger partial charge in [-0.1, -0.05) is 0 Å². The van der Waals surface area contributed by atoms with Crippen LogP contribution in [0.5, 0.6) is 0 Å². The van der Waals surface area contributed by atoms with Crippen molar-refractivity contribution in [3.63, 3.8) is 0 Å². The molecule has 1 aromatic rings. The minimum absolute atomic E-state index is 0.0211. The molecule has 18 heavy (non-hydrogen) atoms. The Balaban J connectivity index is 2.63. The lowest BCUT2D eigenvalue weighted by atomic mass is 10.1. The van der Waals surface area contributed by atoms with Crippen molar-refractivity contribution >= 4 is 33.7 Å². The van der Waals surface area contributed by atoms with E-state index in [0.29, 0.717) is 4.67 Å². The van der Waals surface area contributed by atoms with Gasteiger partial charge in [0.2, 0.25) is 5.91 Å². The number of halogens is 1. The van der Waals surface area contributed by atoms with Crippen molar-refractivity contribution in [1.82, 2.24) is 5.32 Å². The second-order valence-corrected chi connectivity index (χ2v) is 4.25. The summed E-state index contributed by atoms with van der Waals surface area (Å²) in [5.41, 5.74) is 4.92. The fourth-order valence-corrected chi connectivity index (χ4v) is 1.52. The molecule has 7 nitrogen and oxygen atoms in total. The van der Waals surface area contributed by atoms with Crippen molar-refractivity contribution in [3.8, 4) is 0 Å². The number of carboxylic acids is 1. The summed E-state index contributed by atoms with van der Waals surface area (Å²) in [7, 11) is 0. The van der Waals surface area contributed by atoms with Crippen LogP contribution in [0.15, 0.2) is 21.2 Å². The number of furan rings is 1. The molecule has 1 rings (SSSR count). The smallest absolute Gasteiger partial charge is 0.326 e. The van der Waals surface area contributed by atoms with Gasteiger partial charge in [0.1, 0.15) is 6.04 Å². The van der Waals surface area contributed by atoms with Gasteiger partial charge in [0, 0.05) is 6.42 Å². The quantitative estimate of drug-likeness (QED) is 0.704. The highest BCUT2D eigenvalue weighted by atomic mass is 79.9. The number of carboxylic acid groups (broad SMARTS) is 1. The zero-order valence-corrected chi connectivity index (χ0v) is 10.8. The van der Waals surface area contributed by atoms with E-state index in [4.69, 9.17) is 15.3 Å². The Kier molecular flexibility index (Phi) is 4.90. The van der Waals surface area contributed by atoms with Crippen LogP contribution < -0.4 is 11.1 Å². The maximum atomic E-state index is 11.6. The number of hydrogen-bond acceptors (Lipinski definition) is 4. The third kappa shape index (κ3) is 4.21. The zero-order chi connectivity index (χ0) is 13.7. The van der Waals surface area contributed by atoms with Gasteiger partial charge in [0.05, 0.1) is 0 Å². The van der Waals surface area contributed by atoms with Crippen LogP contribution in [0.1, 0.15) is 23.4 Å². The molecule has 0 saturated carbocycles. The van der Waals surface area contributed by atoms with Gasteiger partial charge in [-0.2, -0.15) is 0 Å². The minimum atomic E-state index is -1.24. The maximum Gasteiger partial charge on any atom is 0.326 e. The van der Waals surface area contributed by atoms with E-state index in [1.54, 1.807) is 0 Å². The minimum Gasteiger partial charge on any atom is -0.480 e. The van der Waals surface area contributed by atoms with Crippen molar-refractivity contribution in [2.24, 2.45) is 5.73 Å². The lowest BCUT2D eigenvalue weighted by Gasteiger charge is -2.12. The van der Waals surface area contributed by atoms with E-state index in [2.05, 4.69) is 21.2 Å². The lowest BCUT2D eigenvalue weighted by molar-refractivity contribution is -0.139. The van der Waals surface area contributed by atoms with Gasteiger partial charge in [-0.25, -0.2) is 4.79 Å². The number of rotatable bonds is 6. The van der Waals surface area contributed by atoms with Crippen molar-refractivity contribution in [2.45, 2.75) is 18.9 Å². The summed E-state index contributed by atoms with van der Waals surface area (Å²) in [5, 5.41) is 11.1. The Morgan fingerprint density at radius 1 is 1.44 bits per heavy atom. The van der Waals surface area contributed by atoms with Crippen molar-refractivity contribution in [1.29, 1.82) is 0 Å². The van der Waals surface area contributed by atoms with E-state index in [1.807, 2.05) is 0 Å². The Morgan fingerprint density at radius 2 is 2.11 bits per heavy atom. The van der Waals surface area contributed by atoms with Crippen molar-refractivity contribution in [3.05, 3.63) is 22.6 Å². The average Bonchev–Trinajstić information content (AvgIpc) is 2.70. The molecule has 0 saturated heterocycles. The Morgan fingerprint density at radius 3 is 2.56 bits per heavy atom. The number of amides is 2. The molecule has 1 aromatic heterocycles. The van der Waals surface area contributed by atoms with E-state index < -0.39 is 23.8 Å². The monoisotopic (exact) mass is 318 g/mol. The number of carbonyl (C=O) groups excluding carboxylic acids is 2. The summed E-state index contributed by atoms with van der Waals surface area (Å²) in [6.07, 6.45) is -0.197. The van der Waals surface area contributed by atoms with Gasteiger partial charge in [-0.05, 0) is 34.5 Å². The van der Waals surface area contributed by atoms with Gasteiger partial charge in [-0.15, -0.1) is 0 Å². The third-order valence-corrected chi connectivity index (χ3v) is 2.51. The van der Waals surface area contributed by atoms with Crippen LogP contribution in [0.2, 0.25) is 0 Å². The molecular formula is C10H11BrN2O5. The molecule has 0 bridgehead atoms. The van der Waals surface area contributed by atoms with Crippen LogP contribution in [0, 0.1) is 0 Å². The van der Waals surface area contributed by atoms with Crippen LogP contribution >= 0.6 is 15.9 Å². The zero-order valence-electron chi connectivity index (χ0n) is 9.18. The molecule has 0 aliphatic carbocycles. The van der Waals surface area contributed by atoms with E-state index in [1.165, 1.54) is 12.1 Å². The molecule has 0 aliphatic rings. The first kappa shape index (κ1) is 14.2. The molecule has 2 amide bonds. The van der Waals surface area contributed by atoms with Gasteiger partial charge in [0.25, 0.3) is 5.91 Å². The number of aliphatic carboxylic acids is 1. The molecule has 0 aliphatic heterocycles. The number of primary amides is 1. The predicted octanol–water partition coefficient (Wildman–Crippen LogP) is 0.491. The van der Waals surface area contributed by atoms with Crippen LogP contribution in [-0.2, 0) is 9.59 Å². The molecule has 8 heteroatoms. The Bertz CT molecular complexity index is 471. The first-order valence-corrected chi connectivity index (χ1v) is 5.76. The molecule has 0 radical (unpaired) electrons. The highest BCUT2D eigenvalue weighted by Gasteiger charge is 2.22. The molecular weight excluding hydrogens is 308 g/mol. The summed E-state index contributed by atoms with van der Waals surface area (Å²) in [4.78, 5) is 33.1. The van der Waals surface area contributed by atoms with Crippen molar-refractivity contribution < 1.29 is 23.9 Å². The highest BCUT2D eigenvalue weighted by molar-refractivity contribution is 9.10. The summed E-state index contributed by atoms with van der Waals surface area (Å²) < 4.78 is 5.33. The average molecular weight is 319 g/mol. The molecule has 0 spiro atoms. The van der Waals surface area contributed by atoms with Gasteiger partial charge in [-0.3, -0.25) is 9.59 Å². The molecule has 1 heterocycles. The first-order chi connectivity index (χ1) is 8.40. The first-order valence-electron chi connectivity index (χ1n) is 4.97. The molecule has 98 valence electrons. The molecule has 0 fully saturated rings. The lowest BCUT2D eigenvalue weighted by Crippen LogP contribution is -2.41. The topological polar surface area (TPSA) is 123 Å². The van der Waals surface area contributed by atoms with E-state index in [9.17, 15) is 14.4 Å². The number of hydrogen-bond donors (Lipinski definition) is 3. The Labute approximate surface area is 110 Å². The van der Waals surface area contributed by atoms with Crippen LogP contribution in [-0.4, -0.2) is 28.9 Å². The van der Waals surface area contributed by atoms with Crippen LogP contribution in [0.3, 0.4) is 0 Å². The second kappa shape index (κ2) is 6.20. The summed E-state index contributed by atoms with van der Waals surface area (Å²) >= 11 is 3.02. The van der Waals surface area contributed by atoms with E-state index in [0.717, 1.165) is 0 Å². The fraction of sp³-hybridized carbons (Fsp3) is 0.300. The summed E-state index contributed by atoms with van der Waals surface area (Å²) in [5.74, 6) is -2.56. The third-order valence-electron chi connectivity index (χ3n) is 2.08. The molecule has 0 unspecified atom stereocenters. The number of nitrogens with one attached hydrogen (secondary N) is 1. The predicted molar refractivity (Wildman–Crippen MR) is 63.7 cm³/mol. The maximum absolute atomic E-state index is 11.6. The van der Waals surface area contributed by atoms with Crippen LogP contribution in [0.4, 0.5) is 0 Å². The Hall–Kier alpha value is -1.83. The molecule has 0 aromatic carbocycles.